The summed E-state index contributed by atoms with van der Waals surface area (Å²) in [6.45, 7) is 5.63. The quantitative estimate of drug-likeness (QED) is 0.432. The molecule has 2 bridgehead atoms. The Hall–Kier alpha value is -1.16. The normalized spacial score (nSPS) is 38.8. The molecule has 3 rings (SSSR count). The van der Waals surface area contributed by atoms with Gasteiger partial charge in [-0.05, 0) is 38.0 Å². The van der Waals surface area contributed by atoms with Gasteiger partial charge >= 0.3 is 5.97 Å². The van der Waals surface area contributed by atoms with Crippen LogP contribution in [-0.4, -0.2) is 30.6 Å². The summed E-state index contributed by atoms with van der Waals surface area (Å²) in [6, 6.07) is 0. The first-order chi connectivity index (χ1) is 9.08. The molecule has 2 saturated heterocycles. The Bertz CT molecular complexity index is 428. The molecule has 104 valence electrons. The predicted molar refractivity (Wildman–Crippen MR) is 68.4 cm³/mol. The number of hydrogen-bond donors (Lipinski definition) is 0. The lowest BCUT2D eigenvalue weighted by Gasteiger charge is -2.23. The predicted octanol–water partition coefficient (Wildman–Crippen LogP) is 1.88. The Morgan fingerprint density at radius 3 is 3.05 bits per heavy atom. The first kappa shape index (κ1) is 12.9. The zero-order chi connectivity index (χ0) is 13.6. The van der Waals surface area contributed by atoms with Crippen molar-refractivity contribution in [3.05, 3.63) is 12.2 Å². The highest BCUT2D eigenvalue weighted by molar-refractivity contribution is 5.87. The summed E-state index contributed by atoms with van der Waals surface area (Å²) in [5.41, 5.74) is 0.437. The van der Waals surface area contributed by atoms with Crippen molar-refractivity contribution >= 4 is 11.8 Å². The highest BCUT2D eigenvalue weighted by atomic mass is 16.5. The van der Waals surface area contributed by atoms with Crippen LogP contribution < -0.4 is 0 Å². The van der Waals surface area contributed by atoms with Gasteiger partial charge in [0.2, 0.25) is 0 Å². The summed E-state index contributed by atoms with van der Waals surface area (Å²) >= 11 is 0. The van der Waals surface area contributed by atoms with E-state index in [-0.39, 0.29) is 24.1 Å². The maximum atomic E-state index is 11.8. The number of hydrogen-bond acceptors (Lipinski definition) is 4. The maximum absolute atomic E-state index is 11.8. The topological polar surface area (TPSA) is 52.6 Å². The smallest absolute Gasteiger partial charge is 0.333 e. The van der Waals surface area contributed by atoms with Crippen LogP contribution >= 0.6 is 0 Å². The van der Waals surface area contributed by atoms with Crippen LogP contribution in [-0.2, 0) is 19.1 Å². The van der Waals surface area contributed by atoms with Gasteiger partial charge in [0.25, 0.3) is 0 Å². The van der Waals surface area contributed by atoms with Gasteiger partial charge in [-0.15, -0.1) is 0 Å². The lowest BCUT2D eigenvalue weighted by atomic mass is 9.78. The molecule has 1 aliphatic carbocycles. The summed E-state index contributed by atoms with van der Waals surface area (Å²) < 4.78 is 11.0. The Morgan fingerprint density at radius 1 is 1.53 bits per heavy atom. The number of fused-ring (bicyclic) bond motifs is 1. The molecule has 0 aromatic heterocycles. The zero-order valence-corrected chi connectivity index (χ0v) is 11.3. The van der Waals surface area contributed by atoms with E-state index in [9.17, 15) is 9.59 Å². The van der Waals surface area contributed by atoms with Crippen LogP contribution in [0.3, 0.4) is 0 Å². The molecule has 19 heavy (non-hydrogen) atoms. The van der Waals surface area contributed by atoms with Crippen molar-refractivity contribution in [3.63, 3.8) is 0 Å². The minimum Gasteiger partial charge on any atom is -0.462 e. The lowest BCUT2D eigenvalue weighted by molar-refractivity contribution is -0.139. The second-order valence-electron chi connectivity index (χ2n) is 6.04. The van der Waals surface area contributed by atoms with E-state index in [0.29, 0.717) is 36.2 Å². The van der Waals surface area contributed by atoms with Crippen LogP contribution in [0, 0.1) is 17.8 Å². The molecule has 5 atom stereocenters. The number of carbonyl (C=O) groups excluding carboxylic acids is 2. The van der Waals surface area contributed by atoms with Gasteiger partial charge < -0.3 is 9.47 Å². The van der Waals surface area contributed by atoms with Gasteiger partial charge in [-0.3, -0.25) is 4.79 Å². The Kier molecular flexibility index (Phi) is 3.21. The van der Waals surface area contributed by atoms with Gasteiger partial charge in [0, 0.05) is 17.9 Å². The summed E-state index contributed by atoms with van der Waals surface area (Å²) in [5.74, 6) is 1.17. The Labute approximate surface area is 113 Å². The number of carbonyl (C=O) groups is 2. The zero-order valence-electron chi connectivity index (χ0n) is 11.3. The molecule has 0 amide bonds. The fourth-order valence-corrected chi connectivity index (χ4v) is 3.90. The van der Waals surface area contributed by atoms with E-state index in [1.54, 1.807) is 6.92 Å². The van der Waals surface area contributed by atoms with Crippen molar-refractivity contribution in [2.75, 3.05) is 6.61 Å². The molecule has 2 aliphatic heterocycles. The highest BCUT2D eigenvalue weighted by Gasteiger charge is 2.60. The number of ketones is 1. The number of esters is 1. The average Bonchev–Trinajstić information content (AvgIpc) is 2.97. The van der Waals surface area contributed by atoms with Crippen LogP contribution in [0.15, 0.2) is 12.2 Å². The molecule has 0 aromatic carbocycles. The van der Waals surface area contributed by atoms with Gasteiger partial charge in [0.15, 0.2) is 0 Å². The minimum atomic E-state index is -0.319. The van der Waals surface area contributed by atoms with Crippen molar-refractivity contribution < 1.29 is 19.1 Å². The van der Waals surface area contributed by atoms with E-state index in [4.69, 9.17) is 9.47 Å². The molecule has 4 nitrogen and oxygen atoms in total. The van der Waals surface area contributed by atoms with E-state index in [1.807, 2.05) is 0 Å². The van der Waals surface area contributed by atoms with E-state index < -0.39 is 0 Å². The van der Waals surface area contributed by atoms with Gasteiger partial charge in [-0.1, -0.05) is 6.58 Å². The SMILES string of the molecule is C=C(C)C(=O)OCCCC1C2CC3C(=O)CC1C3O2. The maximum Gasteiger partial charge on any atom is 0.333 e. The molecule has 0 spiro atoms. The number of Topliss-reactive ketones (excluding diaryl/α,β-unsaturated/α-hetero) is 1. The summed E-state index contributed by atoms with van der Waals surface area (Å²) in [6.07, 6.45) is 3.89. The summed E-state index contributed by atoms with van der Waals surface area (Å²) in [7, 11) is 0. The third-order valence-corrected chi connectivity index (χ3v) is 4.78. The molecule has 5 unspecified atom stereocenters. The molecule has 0 radical (unpaired) electrons. The third-order valence-electron chi connectivity index (χ3n) is 4.78. The monoisotopic (exact) mass is 264 g/mol. The van der Waals surface area contributed by atoms with E-state index in [2.05, 4.69) is 6.58 Å². The minimum absolute atomic E-state index is 0.187. The largest absolute Gasteiger partial charge is 0.462 e. The molecule has 2 heterocycles. The molecule has 3 fully saturated rings. The molecular formula is C15H20O4. The van der Waals surface area contributed by atoms with E-state index in [0.717, 1.165) is 19.3 Å². The van der Waals surface area contributed by atoms with Crippen molar-refractivity contribution in [2.24, 2.45) is 17.8 Å². The third kappa shape index (κ3) is 2.12. The molecular weight excluding hydrogens is 244 g/mol. The lowest BCUT2D eigenvalue weighted by Crippen LogP contribution is -2.27. The van der Waals surface area contributed by atoms with E-state index in [1.165, 1.54) is 0 Å². The van der Waals surface area contributed by atoms with Gasteiger partial charge in [-0.25, -0.2) is 4.79 Å². The highest BCUT2D eigenvalue weighted by Crippen LogP contribution is 2.54. The van der Waals surface area contributed by atoms with Crippen LogP contribution in [0.1, 0.15) is 32.6 Å². The number of ether oxygens (including phenoxy) is 2. The first-order valence-corrected chi connectivity index (χ1v) is 7.08. The van der Waals surface area contributed by atoms with Crippen molar-refractivity contribution in [1.82, 2.24) is 0 Å². The number of rotatable bonds is 5. The van der Waals surface area contributed by atoms with Gasteiger partial charge in [0.1, 0.15) is 5.78 Å². The second kappa shape index (κ2) is 4.75. The Balaban J connectivity index is 1.46. The van der Waals surface area contributed by atoms with Crippen LogP contribution in [0.2, 0.25) is 0 Å². The van der Waals surface area contributed by atoms with Gasteiger partial charge in [-0.2, -0.15) is 0 Å². The molecule has 1 saturated carbocycles. The fraction of sp³-hybridized carbons (Fsp3) is 0.733. The Morgan fingerprint density at radius 2 is 2.32 bits per heavy atom. The van der Waals surface area contributed by atoms with Crippen LogP contribution in [0.5, 0.6) is 0 Å². The fourth-order valence-electron chi connectivity index (χ4n) is 3.90. The molecule has 4 heteroatoms. The summed E-state index contributed by atoms with van der Waals surface area (Å²) in [4.78, 5) is 23.0. The standard InChI is InChI=1S/C15H20O4/c1-8(2)15(17)18-5-3-4-9-10-6-12(16)11-7-13(9)19-14(10)11/h9-11,13-14H,1,3-7H2,2H3. The van der Waals surface area contributed by atoms with Gasteiger partial charge in [0.05, 0.1) is 18.8 Å². The van der Waals surface area contributed by atoms with Crippen molar-refractivity contribution in [1.29, 1.82) is 0 Å². The summed E-state index contributed by atoms with van der Waals surface area (Å²) in [5, 5.41) is 0. The first-order valence-electron chi connectivity index (χ1n) is 7.08. The molecule has 0 N–H and O–H groups in total. The van der Waals surface area contributed by atoms with E-state index >= 15 is 0 Å². The molecule has 3 aliphatic rings. The van der Waals surface area contributed by atoms with Crippen LogP contribution in [0.25, 0.3) is 0 Å². The average molecular weight is 264 g/mol. The second-order valence-corrected chi connectivity index (χ2v) is 6.04. The van der Waals surface area contributed by atoms with Crippen molar-refractivity contribution in [2.45, 2.75) is 44.8 Å². The molecule has 0 aromatic rings. The van der Waals surface area contributed by atoms with Crippen LogP contribution in [0.4, 0.5) is 0 Å². The van der Waals surface area contributed by atoms with Crippen molar-refractivity contribution in [3.8, 4) is 0 Å².